The van der Waals surface area contributed by atoms with E-state index in [0.717, 1.165) is 18.2 Å². The summed E-state index contributed by atoms with van der Waals surface area (Å²) < 4.78 is 26.4. The highest BCUT2D eigenvalue weighted by atomic mass is 19.1. The first kappa shape index (κ1) is 13.6. The molecule has 1 atom stereocenters. The molecular formula is C15H16F2N2. The number of nitrogens with one attached hydrogen (secondary N) is 1. The lowest BCUT2D eigenvalue weighted by molar-refractivity contribution is 0.519. The highest BCUT2D eigenvalue weighted by molar-refractivity contribution is 5.21. The predicted molar refractivity (Wildman–Crippen MR) is 70.7 cm³/mol. The van der Waals surface area contributed by atoms with Gasteiger partial charge in [0.25, 0.3) is 0 Å². The summed E-state index contributed by atoms with van der Waals surface area (Å²) >= 11 is 0. The maximum Gasteiger partial charge on any atom is 0.130 e. The molecule has 1 N–H and O–H groups in total. The summed E-state index contributed by atoms with van der Waals surface area (Å²) in [5, 5.41) is 3.21. The highest BCUT2D eigenvalue weighted by Gasteiger charge is 2.10. The lowest BCUT2D eigenvalue weighted by Crippen LogP contribution is -2.22. The SMILES string of the molecule is CC(NCCc1ccccn1)c1ccc(F)cc1F. The van der Waals surface area contributed by atoms with Crippen molar-refractivity contribution in [1.29, 1.82) is 0 Å². The third-order valence-corrected chi connectivity index (χ3v) is 2.99. The van der Waals surface area contributed by atoms with Crippen molar-refractivity contribution >= 4 is 0 Å². The number of nitrogens with zero attached hydrogens (tertiary/aromatic N) is 1. The predicted octanol–water partition coefficient (Wildman–Crippen LogP) is 3.25. The first-order valence-corrected chi connectivity index (χ1v) is 6.25. The molecule has 0 amide bonds. The van der Waals surface area contributed by atoms with Crippen LogP contribution in [0.2, 0.25) is 0 Å². The molecule has 0 aliphatic rings. The van der Waals surface area contributed by atoms with Gasteiger partial charge in [-0.25, -0.2) is 8.78 Å². The van der Waals surface area contributed by atoms with Crippen molar-refractivity contribution in [3.05, 3.63) is 65.5 Å². The van der Waals surface area contributed by atoms with Crippen molar-refractivity contribution < 1.29 is 8.78 Å². The number of rotatable bonds is 5. The number of pyridine rings is 1. The van der Waals surface area contributed by atoms with E-state index in [0.29, 0.717) is 12.1 Å². The van der Waals surface area contributed by atoms with E-state index in [1.54, 1.807) is 6.20 Å². The van der Waals surface area contributed by atoms with Crippen molar-refractivity contribution in [2.24, 2.45) is 0 Å². The molecule has 0 radical (unpaired) electrons. The number of halogens is 2. The van der Waals surface area contributed by atoms with Crippen LogP contribution in [0.4, 0.5) is 8.78 Å². The molecule has 1 aromatic heterocycles. The summed E-state index contributed by atoms with van der Waals surface area (Å²) in [6, 6.07) is 9.25. The van der Waals surface area contributed by atoms with Gasteiger partial charge in [0.05, 0.1) is 0 Å². The van der Waals surface area contributed by atoms with Crippen LogP contribution >= 0.6 is 0 Å². The molecule has 0 fully saturated rings. The van der Waals surface area contributed by atoms with Crippen molar-refractivity contribution in [2.45, 2.75) is 19.4 Å². The molecule has 19 heavy (non-hydrogen) atoms. The smallest absolute Gasteiger partial charge is 0.130 e. The first-order valence-electron chi connectivity index (χ1n) is 6.25. The lowest BCUT2D eigenvalue weighted by Gasteiger charge is -2.14. The Morgan fingerprint density at radius 3 is 2.74 bits per heavy atom. The molecule has 1 aromatic carbocycles. The monoisotopic (exact) mass is 262 g/mol. The Morgan fingerprint density at radius 2 is 2.05 bits per heavy atom. The maximum atomic E-state index is 13.6. The van der Waals surface area contributed by atoms with E-state index in [4.69, 9.17) is 0 Å². The molecular weight excluding hydrogens is 246 g/mol. The Hall–Kier alpha value is -1.81. The zero-order valence-corrected chi connectivity index (χ0v) is 10.7. The Morgan fingerprint density at radius 1 is 1.21 bits per heavy atom. The van der Waals surface area contributed by atoms with Gasteiger partial charge in [0, 0.05) is 42.5 Å². The first-order chi connectivity index (χ1) is 9.16. The van der Waals surface area contributed by atoms with Crippen molar-refractivity contribution in [1.82, 2.24) is 10.3 Å². The minimum atomic E-state index is -0.554. The summed E-state index contributed by atoms with van der Waals surface area (Å²) in [6.07, 6.45) is 2.52. The fourth-order valence-corrected chi connectivity index (χ4v) is 1.93. The molecule has 0 spiro atoms. The van der Waals surface area contributed by atoms with Crippen LogP contribution in [0.1, 0.15) is 24.2 Å². The summed E-state index contributed by atoms with van der Waals surface area (Å²) in [5.74, 6) is -1.07. The fourth-order valence-electron chi connectivity index (χ4n) is 1.93. The van der Waals surface area contributed by atoms with Gasteiger partial charge in [-0.2, -0.15) is 0 Å². The molecule has 100 valence electrons. The minimum Gasteiger partial charge on any atom is -0.310 e. The van der Waals surface area contributed by atoms with Crippen LogP contribution in [-0.2, 0) is 6.42 Å². The molecule has 0 aliphatic carbocycles. The molecule has 0 bridgehead atoms. The Kier molecular flexibility index (Phi) is 4.58. The number of aromatic nitrogens is 1. The van der Waals surface area contributed by atoms with Crippen LogP contribution in [0, 0.1) is 11.6 Å². The van der Waals surface area contributed by atoms with Gasteiger partial charge in [0.15, 0.2) is 0 Å². The van der Waals surface area contributed by atoms with Gasteiger partial charge in [0.2, 0.25) is 0 Å². The zero-order chi connectivity index (χ0) is 13.7. The molecule has 2 aromatic rings. The zero-order valence-electron chi connectivity index (χ0n) is 10.7. The standard InChI is InChI=1S/C15H16F2N2/c1-11(14-6-5-12(16)10-15(14)17)18-9-7-13-4-2-3-8-19-13/h2-6,8,10-11,18H,7,9H2,1H3. The largest absolute Gasteiger partial charge is 0.310 e. The van der Waals surface area contributed by atoms with Gasteiger partial charge in [-0.05, 0) is 25.1 Å². The summed E-state index contributed by atoms with van der Waals surface area (Å²) in [6.45, 7) is 2.55. The molecule has 1 heterocycles. The third-order valence-electron chi connectivity index (χ3n) is 2.99. The summed E-state index contributed by atoms with van der Waals surface area (Å²) in [5.41, 5.74) is 1.46. The van der Waals surface area contributed by atoms with Gasteiger partial charge >= 0.3 is 0 Å². The second-order valence-electron chi connectivity index (χ2n) is 4.41. The van der Waals surface area contributed by atoms with Crippen LogP contribution in [0.3, 0.4) is 0 Å². The molecule has 2 nitrogen and oxygen atoms in total. The molecule has 1 unspecified atom stereocenters. The van der Waals surface area contributed by atoms with Crippen molar-refractivity contribution in [3.8, 4) is 0 Å². The third kappa shape index (κ3) is 3.83. The van der Waals surface area contributed by atoms with Crippen LogP contribution in [-0.4, -0.2) is 11.5 Å². The molecule has 0 saturated heterocycles. The van der Waals surface area contributed by atoms with Gasteiger partial charge in [-0.1, -0.05) is 12.1 Å². The fraction of sp³-hybridized carbons (Fsp3) is 0.267. The quantitative estimate of drug-likeness (QED) is 0.894. The van der Waals surface area contributed by atoms with E-state index in [1.165, 1.54) is 12.1 Å². The van der Waals surface area contributed by atoms with Crippen LogP contribution in [0.5, 0.6) is 0 Å². The van der Waals surface area contributed by atoms with Gasteiger partial charge < -0.3 is 5.32 Å². The van der Waals surface area contributed by atoms with E-state index in [1.807, 2.05) is 25.1 Å². The molecule has 2 rings (SSSR count). The average Bonchev–Trinajstić information content (AvgIpc) is 2.39. The summed E-state index contributed by atoms with van der Waals surface area (Å²) in [4.78, 5) is 4.21. The molecule has 0 aliphatic heterocycles. The van der Waals surface area contributed by atoms with Crippen molar-refractivity contribution in [3.63, 3.8) is 0 Å². The van der Waals surface area contributed by atoms with Gasteiger partial charge in [0.1, 0.15) is 11.6 Å². The number of hydrogen-bond acceptors (Lipinski definition) is 2. The van der Waals surface area contributed by atoms with E-state index in [2.05, 4.69) is 10.3 Å². The molecule has 0 saturated carbocycles. The average molecular weight is 262 g/mol. The van der Waals surface area contributed by atoms with Gasteiger partial charge in [-0.15, -0.1) is 0 Å². The Labute approximate surface area is 111 Å². The van der Waals surface area contributed by atoms with Gasteiger partial charge in [-0.3, -0.25) is 4.98 Å². The van der Waals surface area contributed by atoms with E-state index in [9.17, 15) is 8.78 Å². The summed E-state index contributed by atoms with van der Waals surface area (Å²) in [7, 11) is 0. The molecule has 4 heteroatoms. The maximum absolute atomic E-state index is 13.6. The van der Waals surface area contributed by atoms with Crippen LogP contribution in [0.25, 0.3) is 0 Å². The minimum absolute atomic E-state index is 0.163. The lowest BCUT2D eigenvalue weighted by atomic mass is 10.1. The number of hydrogen-bond donors (Lipinski definition) is 1. The van der Waals surface area contributed by atoms with Crippen molar-refractivity contribution in [2.75, 3.05) is 6.54 Å². The second-order valence-corrected chi connectivity index (χ2v) is 4.41. The van der Waals surface area contributed by atoms with Crippen LogP contribution in [0.15, 0.2) is 42.6 Å². The Balaban J connectivity index is 1.89. The van der Waals surface area contributed by atoms with E-state index >= 15 is 0 Å². The van der Waals surface area contributed by atoms with E-state index < -0.39 is 11.6 Å². The number of benzene rings is 1. The van der Waals surface area contributed by atoms with E-state index in [-0.39, 0.29) is 6.04 Å². The Bertz CT molecular complexity index is 529. The van der Waals surface area contributed by atoms with Crippen LogP contribution < -0.4 is 5.32 Å². The second kappa shape index (κ2) is 6.38. The normalized spacial score (nSPS) is 12.4. The topological polar surface area (TPSA) is 24.9 Å². The highest BCUT2D eigenvalue weighted by Crippen LogP contribution is 2.17.